The van der Waals surface area contributed by atoms with Gasteiger partial charge in [0.15, 0.2) is 0 Å². The number of aromatic nitrogens is 2. The first kappa shape index (κ1) is 28.4. The van der Waals surface area contributed by atoms with E-state index in [1.807, 2.05) is 12.3 Å². The van der Waals surface area contributed by atoms with E-state index in [1.54, 1.807) is 0 Å². The van der Waals surface area contributed by atoms with Crippen LogP contribution in [-0.4, -0.2) is 9.97 Å². The topological polar surface area (TPSA) is 25.8 Å². The Balaban J connectivity index is 1.42. The summed E-state index contributed by atoms with van der Waals surface area (Å²) in [5.41, 5.74) is 14.0. The molecule has 0 aliphatic heterocycles. The maximum Gasteiger partial charge on any atom is 0.0708 e. The van der Waals surface area contributed by atoms with Crippen LogP contribution in [0.25, 0.3) is 66.7 Å². The second-order valence-corrected chi connectivity index (χ2v) is 12.7. The smallest absolute Gasteiger partial charge is 0.0708 e. The zero-order valence-electron chi connectivity index (χ0n) is 26.3. The minimum Gasteiger partial charge on any atom is -0.256 e. The highest BCUT2D eigenvalue weighted by Gasteiger charge is 2.17. The molecule has 2 heterocycles. The van der Waals surface area contributed by atoms with Crippen molar-refractivity contribution in [2.75, 3.05) is 0 Å². The van der Waals surface area contributed by atoms with Crippen molar-refractivity contribution in [3.8, 4) is 55.9 Å². The fraction of sp³-hybridized carbons (Fsp3) is 0.116. The van der Waals surface area contributed by atoms with Crippen LogP contribution in [0.2, 0.25) is 0 Å². The molecule has 0 bridgehead atoms. The summed E-state index contributed by atoms with van der Waals surface area (Å²) in [6, 6.07) is 47.6. The van der Waals surface area contributed by atoms with E-state index in [1.165, 1.54) is 38.8 Å². The lowest BCUT2D eigenvalue weighted by Crippen LogP contribution is -2.11. The van der Waals surface area contributed by atoms with Crippen LogP contribution in [0.15, 0.2) is 146 Å². The van der Waals surface area contributed by atoms with Gasteiger partial charge in [-0.05, 0) is 86.5 Å². The Bertz CT molecular complexity index is 2140. The molecular weight excluding hydrogens is 544 g/mol. The van der Waals surface area contributed by atoms with Crippen molar-refractivity contribution < 1.29 is 0 Å². The zero-order valence-corrected chi connectivity index (χ0v) is 26.3. The first-order valence-corrected chi connectivity index (χ1v) is 15.6. The Labute approximate surface area is 266 Å². The van der Waals surface area contributed by atoms with Crippen molar-refractivity contribution in [1.29, 1.82) is 0 Å². The van der Waals surface area contributed by atoms with Crippen LogP contribution >= 0.6 is 0 Å². The first-order valence-electron chi connectivity index (χ1n) is 15.6. The fourth-order valence-electron chi connectivity index (χ4n) is 6.25. The van der Waals surface area contributed by atoms with Gasteiger partial charge < -0.3 is 0 Å². The largest absolute Gasteiger partial charge is 0.256 e. The molecule has 218 valence electrons. The van der Waals surface area contributed by atoms with Crippen LogP contribution in [0.1, 0.15) is 31.9 Å². The third-order valence-corrected chi connectivity index (χ3v) is 8.77. The summed E-state index contributed by atoms with van der Waals surface area (Å²) < 4.78 is 0. The molecule has 0 aliphatic rings. The van der Waals surface area contributed by atoms with Gasteiger partial charge >= 0.3 is 0 Å². The third kappa shape index (κ3) is 5.56. The minimum atomic E-state index is 0.0550. The zero-order chi connectivity index (χ0) is 31.0. The second kappa shape index (κ2) is 11.6. The van der Waals surface area contributed by atoms with Gasteiger partial charge in [-0.15, -0.1) is 0 Å². The SMILES string of the molecule is Cc1c(-c2ccccc2)cccc1-c1ccc(-c2cccc(-c3cc(C(C)(C)C)ccn3)c2)c2cnc(-c3ccccc3)cc12. The molecule has 0 fully saturated rings. The van der Waals surface area contributed by atoms with E-state index in [0.29, 0.717) is 0 Å². The molecule has 7 aromatic rings. The normalized spacial score (nSPS) is 11.6. The number of rotatable bonds is 5. The average molecular weight is 581 g/mol. The predicted octanol–water partition coefficient (Wildman–Crippen LogP) is 11.6. The van der Waals surface area contributed by atoms with Crippen molar-refractivity contribution in [1.82, 2.24) is 9.97 Å². The van der Waals surface area contributed by atoms with Crippen molar-refractivity contribution in [2.45, 2.75) is 33.1 Å². The Morgan fingerprint density at radius 2 is 1.07 bits per heavy atom. The van der Waals surface area contributed by atoms with Gasteiger partial charge in [-0.1, -0.05) is 130 Å². The highest BCUT2D eigenvalue weighted by atomic mass is 14.7. The fourth-order valence-corrected chi connectivity index (χ4v) is 6.25. The molecule has 7 rings (SSSR count). The van der Waals surface area contributed by atoms with Gasteiger partial charge in [0.25, 0.3) is 0 Å². The van der Waals surface area contributed by atoms with Gasteiger partial charge in [-0.3, -0.25) is 9.97 Å². The first-order chi connectivity index (χ1) is 21.9. The highest BCUT2D eigenvalue weighted by Crippen LogP contribution is 2.40. The maximum atomic E-state index is 4.99. The number of benzene rings is 5. The Morgan fingerprint density at radius 3 is 1.82 bits per heavy atom. The van der Waals surface area contributed by atoms with Crippen LogP contribution in [0.5, 0.6) is 0 Å². The Kier molecular flexibility index (Phi) is 7.35. The lowest BCUT2D eigenvalue weighted by molar-refractivity contribution is 0.589. The lowest BCUT2D eigenvalue weighted by Gasteiger charge is -2.19. The van der Waals surface area contributed by atoms with E-state index in [0.717, 1.165) is 39.0 Å². The molecule has 0 N–H and O–H groups in total. The molecule has 0 aliphatic carbocycles. The molecule has 0 saturated heterocycles. The van der Waals surface area contributed by atoms with E-state index >= 15 is 0 Å². The lowest BCUT2D eigenvalue weighted by atomic mass is 9.86. The van der Waals surface area contributed by atoms with Crippen LogP contribution < -0.4 is 0 Å². The van der Waals surface area contributed by atoms with Crippen molar-refractivity contribution in [3.63, 3.8) is 0 Å². The van der Waals surface area contributed by atoms with E-state index in [4.69, 9.17) is 9.97 Å². The summed E-state index contributed by atoms with van der Waals surface area (Å²) >= 11 is 0. The molecule has 2 heteroatoms. The second-order valence-electron chi connectivity index (χ2n) is 12.7. The summed E-state index contributed by atoms with van der Waals surface area (Å²) in [7, 11) is 0. The van der Waals surface area contributed by atoms with Crippen LogP contribution in [0, 0.1) is 6.92 Å². The summed E-state index contributed by atoms with van der Waals surface area (Å²) in [5, 5.41) is 2.32. The van der Waals surface area contributed by atoms with Gasteiger partial charge in [0.05, 0.1) is 11.4 Å². The molecule has 0 atom stereocenters. The molecule has 2 nitrogen and oxygen atoms in total. The van der Waals surface area contributed by atoms with Crippen LogP contribution in [0.4, 0.5) is 0 Å². The number of pyridine rings is 2. The summed E-state index contributed by atoms with van der Waals surface area (Å²) in [4.78, 5) is 9.74. The summed E-state index contributed by atoms with van der Waals surface area (Å²) in [5.74, 6) is 0. The monoisotopic (exact) mass is 580 g/mol. The molecule has 0 saturated carbocycles. The summed E-state index contributed by atoms with van der Waals surface area (Å²) in [6.07, 6.45) is 3.98. The van der Waals surface area contributed by atoms with E-state index in [9.17, 15) is 0 Å². The van der Waals surface area contributed by atoms with Crippen molar-refractivity contribution in [3.05, 3.63) is 157 Å². The molecule has 0 radical (unpaired) electrons. The van der Waals surface area contributed by atoms with E-state index < -0.39 is 0 Å². The number of fused-ring (bicyclic) bond motifs is 1. The predicted molar refractivity (Wildman–Crippen MR) is 190 cm³/mol. The molecule has 2 aromatic heterocycles. The molecule has 0 spiro atoms. The molecule has 5 aromatic carbocycles. The third-order valence-electron chi connectivity index (χ3n) is 8.77. The van der Waals surface area contributed by atoms with Gasteiger partial charge in [0, 0.05) is 28.9 Å². The standard InChI is InChI=1S/C43H36N2/c1-29-35(30-13-7-5-8-14-30)19-12-20-36(29)38-22-21-37(40-28-45-42(27-39(38)40)31-15-9-6-10-16-31)32-17-11-18-33(25-32)41-26-34(23-24-44-41)43(2,3)4/h5-28H,1-4H3. The maximum absolute atomic E-state index is 4.99. The van der Waals surface area contributed by atoms with Gasteiger partial charge in [0.1, 0.15) is 0 Å². The number of hydrogen-bond donors (Lipinski definition) is 0. The highest BCUT2D eigenvalue weighted by molar-refractivity contribution is 6.06. The number of nitrogens with zero attached hydrogens (tertiary/aromatic N) is 2. The quantitative estimate of drug-likeness (QED) is 0.202. The minimum absolute atomic E-state index is 0.0550. The van der Waals surface area contributed by atoms with E-state index in [-0.39, 0.29) is 5.41 Å². The number of hydrogen-bond acceptors (Lipinski definition) is 2. The van der Waals surface area contributed by atoms with Gasteiger partial charge in [0.2, 0.25) is 0 Å². The molecular formula is C43H36N2. The van der Waals surface area contributed by atoms with Gasteiger partial charge in [-0.2, -0.15) is 0 Å². The Hall–Kier alpha value is -5.34. The van der Waals surface area contributed by atoms with Crippen LogP contribution in [0.3, 0.4) is 0 Å². The van der Waals surface area contributed by atoms with Crippen molar-refractivity contribution >= 4 is 10.8 Å². The summed E-state index contributed by atoms with van der Waals surface area (Å²) in [6.45, 7) is 8.96. The van der Waals surface area contributed by atoms with Crippen LogP contribution in [-0.2, 0) is 5.41 Å². The average Bonchev–Trinajstić information content (AvgIpc) is 3.08. The van der Waals surface area contributed by atoms with Gasteiger partial charge in [-0.25, -0.2) is 0 Å². The molecule has 45 heavy (non-hydrogen) atoms. The Morgan fingerprint density at radius 1 is 0.444 bits per heavy atom. The molecule has 0 unspecified atom stereocenters. The van der Waals surface area contributed by atoms with E-state index in [2.05, 4.69) is 161 Å². The molecule has 0 amide bonds. The van der Waals surface area contributed by atoms with Crippen molar-refractivity contribution in [2.24, 2.45) is 0 Å².